The van der Waals surface area contributed by atoms with Crippen LogP contribution < -0.4 is 0 Å². The molecule has 1 saturated carbocycles. The first-order valence-corrected chi connectivity index (χ1v) is 10.4. The third kappa shape index (κ3) is 10.5. The third-order valence-corrected chi connectivity index (χ3v) is 5.22. The van der Waals surface area contributed by atoms with Crippen LogP contribution in [-0.4, -0.2) is 24.6 Å². The van der Waals surface area contributed by atoms with Gasteiger partial charge in [0.15, 0.2) is 0 Å². The van der Waals surface area contributed by atoms with Gasteiger partial charge in [-0.05, 0) is 50.4 Å². The van der Waals surface area contributed by atoms with E-state index in [2.05, 4.69) is 20.8 Å². The van der Waals surface area contributed by atoms with Crippen molar-refractivity contribution in [3.8, 4) is 0 Å². The van der Waals surface area contributed by atoms with Gasteiger partial charge in [-0.25, -0.2) is 0 Å². The molecule has 1 fully saturated rings. The molecule has 1 aliphatic carbocycles. The van der Waals surface area contributed by atoms with Gasteiger partial charge in [0.25, 0.3) is 0 Å². The fraction of sp³-hybridized carbons (Fsp3) is 0.905. The molecule has 25 heavy (non-hydrogen) atoms. The normalized spacial score (nSPS) is 21.6. The van der Waals surface area contributed by atoms with Crippen molar-refractivity contribution < 1.29 is 19.1 Å². The number of ether oxygens (including phenoxy) is 2. The van der Waals surface area contributed by atoms with E-state index in [0.29, 0.717) is 44.1 Å². The molecule has 4 nitrogen and oxygen atoms in total. The van der Waals surface area contributed by atoms with Crippen molar-refractivity contribution in [2.24, 2.45) is 11.8 Å². The van der Waals surface area contributed by atoms with E-state index < -0.39 is 0 Å². The number of esters is 2. The quantitative estimate of drug-likeness (QED) is 0.346. The molecule has 0 N–H and O–H groups in total. The minimum atomic E-state index is -0.135. The average molecular weight is 355 g/mol. The van der Waals surface area contributed by atoms with Crippen LogP contribution in [0.1, 0.15) is 97.8 Å². The van der Waals surface area contributed by atoms with Gasteiger partial charge in [-0.2, -0.15) is 0 Å². The van der Waals surface area contributed by atoms with Crippen molar-refractivity contribution >= 4 is 11.9 Å². The van der Waals surface area contributed by atoms with Crippen LogP contribution >= 0.6 is 0 Å². The Bertz CT molecular complexity index is 380. The van der Waals surface area contributed by atoms with Gasteiger partial charge in [0.2, 0.25) is 0 Å². The lowest BCUT2D eigenvalue weighted by Crippen LogP contribution is -2.24. The van der Waals surface area contributed by atoms with Gasteiger partial charge < -0.3 is 9.47 Å². The summed E-state index contributed by atoms with van der Waals surface area (Å²) >= 11 is 0. The Hall–Kier alpha value is -1.06. The first kappa shape index (κ1) is 22.0. The zero-order valence-electron chi connectivity index (χ0n) is 16.6. The van der Waals surface area contributed by atoms with Crippen molar-refractivity contribution in [2.45, 2.75) is 104 Å². The van der Waals surface area contributed by atoms with E-state index >= 15 is 0 Å². The highest BCUT2D eigenvalue weighted by Gasteiger charge is 2.21. The first-order chi connectivity index (χ1) is 12.0. The van der Waals surface area contributed by atoms with Gasteiger partial charge in [-0.1, -0.05) is 46.5 Å². The molecule has 0 amide bonds. The molecule has 1 rings (SSSR count). The van der Waals surface area contributed by atoms with Crippen LogP contribution in [0, 0.1) is 11.8 Å². The minimum absolute atomic E-state index is 0.107. The largest absolute Gasteiger partial charge is 0.465 e. The highest BCUT2D eigenvalue weighted by Crippen LogP contribution is 2.26. The van der Waals surface area contributed by atoms with Gasteiger partial charge in [-0.15, -0.1) is 0 Å². The Labute approximate surface area is 154 Å². The van der Waals surface area contributed by atoms with E-state index in [1.54, 1.807) is 0 Å². The lowest BCUT2D eigenvalue weighted by atomic mass is 9.89. The molecule has 0 aromatic carbocycles. The Morgan fingerprint density at radius 2 is 1.76 bits per heavy atom. The lowest BCUT2D eigenvalue weighted by Gasteiger charge is -2.26. The minimum Gasteiger partial charge on any atom is -0.465 e. The van der Waals surface area contributed by atoms with Gasteiger partial charge in [0.05, 0.1) is 6.61 Å². The molecule has 0 saturated heterocycles. The Morgan fingerprint density at radius 1 is 1.04 bits per heavy atom. The summed E-state index contributed by atoms with van der Waals surface area (Å²) in [6.45, 7) is 7.08. The molecule has 0 heterocycles. The van der Waals surface area contributed by atoms with Crippen LogP contribution in [0.2, 0.25) is 0 Å². The number of hydrogen-bond donors (Lipinski definition) is 0. The molecule has 146 valence electrons. The molecule has 0 radical (unpaired) electrons. The summed E-state index contributed by atoms with van der Waals surface area (Å²) in [6, 6.07) is 0. The Morgan fingerprint density at radius 3 is 2.40 bits per heavy atom. The third-order valence-electron chi connectivity index (χ3n) is 5.22. The number of carbonyl (C=O) groups is 2. The van der Waals surface area contributed by atoms with E-state index in [0.717, 1.165) is 32.1 Å². The highest BCUT2D eigenvalue weighted by atomic mass is 16.5. The van der Waals surface area contributed by atoms with E-state index in [-0.39, 0.29) is 18.0 Å². The predicted octanol–water partition coefficient (Wildman–Crippen LogP) is 5.43. The zero-order chi connectivity index (χ0) is 18.5. The van der Waals surface area contributed by atoms with Crippen molar-refractivity contribution in [3.63, 3.8) is 0 Å². The van der Waals surface area contributed by atoms with Crippen molar-refractivity contribution in [1.82, 2.24) is 0 Å². The van der Waals surface area contributed by atoms with E-state index in [9.17, 15) is 9.59 Å². The highest BCUT2D eigenvalue weighted by molar-refractivity contribution is 5.70. The molecule has 0 spiro atoms. The Balaban J connectivity index is 2.05. The SMILES string of the molecule is CCCCC(CC)COC(=O)CCCCC(=O)O[C@H]1CCC[C@@H](C)C1. The summed E-state index contributed by atoms with van der Waals surface area (Å²) in [7, 11) is 0. The lowest BCUT2D eigenvalue weighted by molar-refractivity contribution is -0.152. The number of rotatable bonds is 12. The molecular weight excluding hydrogens is 316 g/mol. The van der Waals surface area contributed by atoms with Crippen LogP contribution in [0.5, 0.6) is 0 Å². The summed E-state index contributed by atoms with van der Waals surface area (Å²) < 4.78 is 10.9. The molecule has 0 bridgehead atoms. The van der Waals surface area contributed by atoms with E-state index in [4.69, 9.17) is 9.47 Å². The van der Waals surface area contributed by atoms with Gasteiger partial charge in [-0.3, -0.25) is 9.59 Å². The van der Waals surface area contributed by atoms with Gasteiger partial charge in [0, 0.05) is 12.8 Å². The molecule has 3 atom stereocenters. The molecule has 0 aromatic heterocycles. The molecule has 1 unspecified atom stereocenters. The second-order valence-electron chi connectivity index (χ2n) is 7.69. The number of carbonyl (C=O) groups excluding carboxylic acids is 2. The zero-order valence-corrected chi connectivity index (χ0v) is 16.6. The summed E-state index contributed by atoms with van der Waals surface area (Å²) in [5.41, 5.74) is 0. The number of hydrogen-bond acceptors (Lipinski definition) is 4. The predicted molar refractivity (Wildman–Crippen MR) is 100 cm³/mol. The molecule has 1 aliphatic rings. The summed E-state index contributed by atoms with van der Waals surface area (Å²) in [5.74, 6) is 0.893. The monoisotopic (exact) mass is 354 g/mol. The van der Waals surface area contributed by atoms with Crippen molar-refractivity contribution in [3.05, 3.63) is 0 Å². The summed E-state index contributed by atoms with van der Waals surface area (Å²) in [6.07, 6.45) is 11.3. The maximum absolute atomic E-state index is 11.9. The second-order valence-corrected chi connectivity index (χ2v) is 7.69. The van der Waals surface area contributed by atoms with Crippen molar-refractivity contribution in [2.75, 3.05) is 6.61 Å². The topological polar surface area (TPSA) is 52.6 Å². The number of unbranched alkanes of at least 4 members (excludes halogenated alkanes) is 2. The standard InChI is InChI=1S/C21H38O4/c1-4-6-11-18(5-2)16-24-20(22)13-7-8-14-21(23)25-19-12-9-10-17(3)15-19/h17-19H,4-16H2,1-3H3/t17-,18?,19+/m1/s1. The smallest absolute Gasteiger partial charge is 0.306 e. The Kier molecular flexibility index (Phi) is 11.6. The maximum atomic E-state index is 11.9. The second kappa shape index (κ2) is 13.2. The van der Waals surface area contributed by atoms with E-state index in [1.165, 1.54) is 19.3 Å². The van der Waals surface area contributed by atoms with Gasteiger partial charge in [0.1, 0.15) is 6.10 Å². The maximum Gasteiger partial charge on any atom is 0.306 e. The fourth-order valence-electron chi connectivity index (χ4n) is 3.45. The van der Waals surface area contributed by atoms with Crippen LogP contribution in [0.25, 0.3) is 0 Å². The molecule has 4 heteroatoms. The summed E-state index contributed by atoms with van der Waals surface area (Å²) in [5, 5.41) is 0. The van der Waals surface area contributed by atoms with Crippen LogP contribution in [0.3, 0.4) is 0 Å². The molecule has 0 aromatic rings. The molecular formula is C21H38O4. The molecule has 0 aliphatic heterocycles. The summed E-state index contributed by atoms with van der Waals surface area (Å²) in [4.78, 5) is 23.7. The fourth-order valence-corrected chi connectivity index (χ4v) is 3.45. The van der Waals surface area contributed by atoms with Gasteiger partial charge >= 0.3 is 11.9 Å². The average Bonchev–Trinajstić information content (AvgIpc) is 2.59. The first-order valence-electron chi connectivity index (χ1n) is 10.4. The van der Waals surface area contributed by atoms with E-state index in [1.807, 2.05) is 0 Å². The van der Waals surface area contributed by atoms with Crippen LogP contribution in [0.4, 0.5) is 0 Å². The van der Waals surface area contributed by atoms with Crippen LogP contribution in [0.15, 0.2) is 0 Å². The van der Waals surface area contributed by atoms with Crippen molar-refractivity contribution in [1.29, 1.82) is 0 Å². The van der Waals surface area contributed by atoms with Crippen LogP contribution in [-0.2, 0) is 19.1 Å².